The van der Waals surface area contributed by atoms with E-state index < -0.39 is 0 Å². The number of amides is 1. The minimum Gasteiger partial charge on any atom is -0.336 e. The molecule has 0 saturated carbocycles. The van der Waals surface area contributed by atoms with Gasteiger partial charge in [0.1, 0.15) is 4.60 Å². The van der Waals surface area contributed by atoms with Gasteiger partial charge in [0.2, 0.25) is 0 Å². The molecule has 2 rings (SSSR count). The van der Waals surface area contributed by atoms with Gasteiger partial charge in [-0.3, -0.25) is 9.69 Å². The first-order valence-electron chi connectivity index (χ1n) is 6.76. The highest BCUT2D eigenvalue weighted by Gasteiger charge is 2.24. The molecule has 0 aromatic carbocycles. The van der Waals surface area contributed by atoms with Crippen LogP contribution in [0.15, 0.2) is 22.9 Å². The average molecular weight is 326 g/mol. The van der Waals surface area contributed by atoms with E-state index in [2.05, 4.69) is 39.7 Å². The van der Waals surface area contributed by atoms with Crippen molar-refractivity contribution in [2.45, 2.75) is 26.3 Å². The fraction of sp³-hybridized carbons (Fsp3) is 0.571. The van der Waals surface area contributed by atoms with Crippen LogP contribution in [0.25, 0.3) is 0 Å². The molecule has 1 aliphatic heterocycles. The highest BCUT2D eigenvalue weighted by Crippen LogP contribution is 2.14. The number of nitrogens with zero attached hydrogens (tertiary/aromatic N) is 3. The molecule has 1 saturated heterocycles. The largest absolute Gasteiger partial charge is 0.336 e. The van der Waals surface area contributed by atoms with Crippen molar-refractivity contribution >= 4 is 21.8 Å². The lowest BCUT2D eigenvalue weighted by atomic mass is 10.1. The van der Waals surface area contributed by atoms with Gasteiger partial charge in [0.05, 0.1) is 0 Å². The molecule has 104 valence electrons. The number of piperazine rings is 1. The first-order chi connectivity index (χ1) is 9.11. The van der Waals surface area contributed by atoms with Crippen molar-refractivity contribution in [1.29, 1.82) is 0 Å². The molecule has 5 heteroatoms. The molecule has 19 heavy (non-hydrogen) atoms. The molecule has 4 nitrogen and oxygen atoms in total. The van der Waals surface area contributed by atoms with Gasteiger partial charge in [0, 0.05) is 44.0 Å². The first-order valence-corrected chi connectivity index (χ1v) is 7.56. The molecule has 1 aromatic rings. The molecule has 1 aliphatic rings. The van der Waals surface area contributed by atoms with Crippen LogP contribution in [0, 0.1) is 0 Å². The summed E-state index contributed by atoms with van der Waals surface area (Å²) < 4.78 is 0.705. The SMILES string of the molecule is CCC(C)N1CCN(C(=O)c2ccnc(Br)c2)CC1. The van der Waals surface area contributed by atoms with E-state index in [-0.39, 0.29) is 5.91 Å². The Morgan fingerprint density at radius 2 is 2.11 bits per heavy atom. The zero-order valence-electron chi connectivity index (χ0n) is 11.5. The highest BCUT2D eigenvalue weighted by atomic mass is 79.9. The molecule has 0 N–H and O–H groups in total. The average Bonchev–Trinajstić information content (AvgIpc) is 2.46. The number of rotatable bonds is 3. The van der Waals surface area contributed by atoms with Crippen molar-refractivity contribution in [3.05, 3.63) is 28.5 Å². The molecule has 0 bridgehead atoms. The van der Waals surface area contributed by atoms with E-state index in [0.29, 0.717) is 16.2 Å². The quantitative estimate of drug-likeness (QED) is 0.801. The number of pyridine rings is 1. The number of hydrogen-bond donors (Lipinski definition) is 0. The molecule has 1 aromatic heterocycles. The minimum atomic E-state index is 0.104. The highest BCUT2D eigenvalue weighted by molar-refractivity contribution is 9.10. The molecule has 1 unspecified atom stereocenters. The van der Waals surface area contributed by atoms with E-state index in [4.69, 9.17) is 0 Å². The van der Waals surface area contributed by atoms with Crippen molar-refractivity contribution in [2.24, 2.45) is 0 Å². The molecule has 2 heterocycles. The number of hydrogen-bond acceptors (Lipinski definition) is 3. The molecule has 1 amide bonds. The van der Waals surface area contributed by atoms with Gasteiger partial charge in [0.15, 0.2) is 0 Å². The maximum absolute atomic E-state index is 12.4. The van der Waals surface area contributed by atoms with Crippen molar-refractivity contribution in [3.63, 3.8) is 0 Å². The van der Waals surface area contributed by atoms with Gasteiger partial charge < -0.3 is 4.90 Å². The second kappa shape index (κ2) is 6.48. The summed E-state index contributed by atoms with van der Waals surface area (Å²) in [7, 11) is 0. The van der Waals surface area contributed by atoms with Gasteiger partial charge in [-0.15, -0.1) is 0 Å². The maximum Gasteiger partial charge on any atom is 0.254 e. The van der Waals surface area contributed by atoms with Crippen molar-refractivity contribution in [3.8, 4) is 0 Å². The summed E-state index contributed by atoms with van der Waals surface area (Å²) >= 11 is 3.30. The Balaban J connectivity index is 1.96. The minimum absolute atomic E-state index is 0.104. The lowest BCUT2D eigenvalue weighted by Crippen LogP contribution is -2.51. The monoisotopic (exact) mass is 325 g/mol. The lowest BCUT2D eigenvalue weighted by Gasteiger charge is -2.37. The zero-order chi connectivity index (χ0) is 13.8. The van der Waals surface area contributed by atoms with Crippen LogP contribution in [0.2, 0.25) is 0 Å². The van der Waals surface area contributed by atoms with Gasteiger partial charge in [0.25, 0.3) is 5.91 Å². The normalized spacial score (nSPS) is 18.4. The predicted molar refractivity (Wildman–Crippen MR) is 79.2 cm³/mol. The number of aromatic nitrogens is 1. The van der Waals surface area contributed by atoms with E-state index in [9.17, 15) is 4.79 Å². The lowest BCUT2D eigenvalue weighted by molar-refractivity contribution is 0.0579. The third-order valence-corrected chi connectivity index (χ3v) is 4.22. The summed E-state index contributed by atoms with van der Waals surface area (Å²) in [5.74, 6) is 0.104. The Hall–Kier alpha value is -0.940. The topological polar surface area (TPSA) is 36.4 Å². The standard InChI is InChI=1S/C14H20BrN3O/c1-3-11(2)17-6-8-18(9-7-17)14(19)12-4-5-16-13(15)10-12/h4-5,10-11H,3,6-9H2,1-2H3. The van der Waals surface area contributed by atoms with Crippen LogP contribution < -0.4 is 0 Å². The summed E-state index contributed by atoms with van der Waals surface area (Å²) in [5, 5.41) is 0. The van der Waals surface area contributed by atoms with E-state index in [1.807, 2.05) is 4.90 Å². The van der Waals surface area contributed by atoms with Crippen LogP contribution in [0.5, 0.6) is 0 Å². The summed E-state index contributed by atoms with van der Waals surface area (Å²) in [6.07, 6.45) is 2.82. The fourth-order valence-corrected chi connectivity index (χ4v) is 2.71. The van der Waals surface area contributed by atoms with E-state index in [1.54, 1.807) is 18.3 Å². The second-order valence-electron chi connectivity index (χ2n) is 4.95. The first kappa shape index (κ1) is 14.5. The van der Waals surface area contributed by atoms with Crippen LogP contribution in [0.3, 0.4) is 0 Å². The smallest absolute Gasteiger partial charge is 0.254 e. The Kier molecular flexibility index (Phi) is 4.93. The van der Waals surface area contributed by atoms with Crippen LogP contribution in [0.4, 0.5) is 0 Å². The van der Waals surface area contributed by atoms with Crippen molar-refractivity contribution in [2.75, 3.05) is 26.2 Å². The van der Waals surface area contributed by atoms with Crippen LogP contribution in [0.1, 0.15) is 30.6 Å². The second-order valence-corrected chi connectivity index (χ2v) is 5.77. The van der Waals surface area contributed by atoms with Crippen LogP contribution >= 0.6 is 15.9 Å². The number of carbonyl (C=O) groups excluding carboxylic acids is 1. The molecule has 1 atom stereocenters. The Morgan fingerprint density at radius 1 is 1.42 bits per heavy atom. The third kappa shape index (κ3) is 3.54. The number of halogens is 1. The molecule has 0 aliphatic carbocycles. The molecule has 1 fully saturated rings. The predicted octanol–water partition coefficient (Wildman–Crippen LogP) is 2.40. The van der Waals surface area contributed by atoms with Crippen molar-refractivity contribution < 1.29 is 4.79 Å². The maximum atomic E-state index is 12.4. The number of carbonyl (C=O) groups is 1. The molecular formula is C14H20BrN3O. The zero-order valence-corrected chi connectivity index (χ0v) is 13.1. The third-order valence-electron chi connectivity index (χ3n) is 3.79. The van der Waals surface area contributed by atoms with Crippen molar-refractivity contribution in [1.82, 2.24) is 14.8 Å². The van der Waals surface area contributed by atoms with E-state index >= 15 is 0 Å². The Labute approximate surface area is 122 Å². The van der Waals surface area contributed by atoms with Gasteiger partial charge in [-0.25, -0.2) is 4.98 Å². The van der Waals surface area contributed by atoms with Crippen LogP contribution in [-0.4, -0.2) is 52.9 Å². The molecule has 0 spiro atoms. The van der Waals surface area contributed by atoms with Gasteiger partial charge in [-0.1, -0.05) is 6.92 Å². The van der Waals surface area contributed by atoms with E-state index in [0.717, 1.165) is 32.6 Å². The molecular weight excluding hydrogens is 306 g/mol. The van der Waals surface area contributed by atoms with Gasteiger partial charge in [-0.2, -0.15) is 0 Å². The van der Waals surface area contributed by atoms with Gasteiger partial charge >= 0.3 is 0 Å². The van der Waals surface area contributed by atoms with E-state index in [1.165, 1.54) is 0 Å². The van der Waals surface area contributed by atoms with Crippen LogP contribution in [-0.2, 0) is 0 Å². The Morgan fingerprint density at radius 3 is 2.68 bits per heavy atom. The summed E-state index contributed by atoms with van der Waals surface area (Å²) in [6, 6.07) is 4.16. The summed E-state index contributed by atoms with van der Waals surface area (Å²) in [5.41, 5.74) is 0.707. The summed E-state index contributed by atoms with van der Waals surface area (Å²) in [4.78, 5) is 20.8. The Bertz CT molecular complexity index is 444. The fourth-order valence-electron chi connectivity index (χ4n) is 2.34. The molecule has 0 radical (unpaired) electrons. The van der Waals surface area contributed by atoms with Gasteiger partial charge in [-0.05, 0) is 41.4 Å². The summed E-state index contributed by atoms with van der Waals surface area (Å²) in [6.45, 7) is 8.00.